The zero-order chi connectivity index (χ0) is 14.7. The first kappa shape index (κ1) is 13.5. The number of hydrogen-bond donors (Lipinski definition) is 2. The number of fused-ring (bicyclic) bond motifs is 1. The van der Waals surface area contributed by atoms with Crippen LogP contribution in [0, 0.1) is 0 Å². The molecule has 1 heterocycles. The summed E-state index contributed by atoms with van der Waals surface area (Å²) in [6.07, 6.45) is 1.03. The van der Waals surface area contributed by atoms with Gasteiger partial charge in [-0.2, -0.15) is 0 Å². The summed E-state index contributed by atoms with van der Waals surface area (Å²) in [5.74, 6) is 0.761. The van der Waals surface area contributed by atoms with E-state index in [9.17, 15) is 4.79 Å². The fourth-order valence-electron chi connectivity index (χ4n) is 2.46. The van der Waals surface area contributed by atoms with E-state index in [0.29, 0.717) is 12.1 Å². The van der Waals surface area contributed by atoms with Crippen molar-refractivity contribution in [1.82, 2.24) is 5.32 Å². The number of amides is 1. The van der Waals surface area contributed by atoms with Crippen molar-refractivity contribution in [3.05, 3.63) is 59.2 Å². The lowest BCUT2D eigenvalue weighted by atomic mass is 10.1. The van der Waals surface area contributed by atoms with Gasteiger partial charge in [0.2, 0.25) is 0 Å². The van der Waals surface area contributed by atoms with Crippen LogP contribution in [0.5, 0.6) is 5.75 Å². The maximum absolute atomic E-state index is 12.2. The number of carbonyl (C=O) groups excluding carboxylic acids is 1. The van der Waals surface area contributed by atoms with Gasteiger partial charge in [-0.1, -0.05) is 18.2 Å². The summed E-state index contributed by atoms with van der Waals surface area (Å²) < 4.78 is 5.11. The summed E-state index contributed by atoms with van der Waals surface area (Å²) >= 11 is 0. The van der Waals surface area contributed by atoms with Gasteiger partial charge in [-0.15, -0.1) is 0 Å². The molecule has 0 saturated carbocycles. The van der Waals surface area contributed by atoms with Crippen LogP contribution in [-0.4, -0.2) is 19.6 Å². The van der Waals surface area contributed by atoms with Gasteiger partial charge in [0.15, 0.2) is 0 Å². The van der Waals surface area contributed by atoms with E-state index in [2.05, 4.69) is 10.6 Å². The topological polar surface area (TPSA) is 50.4 Å². The Morgan fingerprint density at radius 3 is 2.81 bits per heavy atom. The van der Waals surface area contributed by atoms with Crippen LogP contribution < -0.4 is 15.4 Å². The van der Waals surface area contributed by atoms with Gasteiger partial charge in [0.05, 0.1) is 7.11 Å². The molecule has 1 aliphatic heterocycles. The number of hydrogen-bond acceptors (Lipinski definition) is 3. The molecule has 2 N–H and O–H groups in total. The first-order chi connectivity index (χ1) is 10.3. The molecular formula is C17H18N2O2. The normalized spacial score (nSPS) is 12.4. The van der Waals surface area contributed by atoms with Gasteiger partial charge in [0.1, 0.15) is 5.75 Å². The maximum atomic E-state index is 12.2. The van der Waals surface area contributed by atoms with Crippen LogP contribution in [0.2, 0.25) is 0 Å². The Balaban J connectivity index is 1.63. The van der Waals surface area contributed by atoms with E-state index in [1.807, 2.05) is 42.5 Å². The van der Waals surface area contributed by atoms with E-state index in [1.54, 1.807) is 7.11 Å². The minimum Gasteiger partial charge on any atom is -0.497 e. The van der Waals surface area contributed by atoms with Crippen molar-refractivity contribution in [3.8, 4) is 5.75 Å². The van der Waals surface area contributed by atoms with Crippen molar-refractivity contribution in [3.63, 3.8) is 0 Å². The number of nitrogens with one attached hydrogen (secondary N) is 2. The van der Waals surface area contributed by atoms with Gasteiger partial charge >= 0.3 is 0 Å². The van der Waals surface area contributed by atoms with Crippen molar-refractivity contribution in [2.24, 2.45) is 0 Å². The number of ether oxygens (including phenoxy) is 1. The second-order valence-electron chi connectivity index (χ2n) is 5.08. The van der Waals surface area contributed by atoms with Crippen LogP contribution >= 0.6 is 0 Å². The molecule has 4 heteroatoms. The molecule has 0 aromatic heterocycles. The van der Waals surface area contributed by atoms with E-state index in [4.69, 9.17) is 4.74 Å². The summed E-state index contributed by atoms with van der Waals surface area (Å²) in [7, 11) is 1.64. The molecule has 1 aliphatic rings. The second kappa shape index (κ2) is 5.87. The molecule has 2 aromatic rings. The molecule has 108 valence electrons. The third kappa shape index (κ3) is 2.99. The quantitative estimate of drug-likeness (QED) is 0.906. The molecule has 0 aliphatic carbocycles. The molecule has 0 spiro atoms. The molecular weight excluding hydrogens is 264 g/mol. The third-order valence-corrected chi connectivity index (χ3v) is 3.69. The summed E-state index contributed by atoms with van der Waals surface area (Å²) in [6.45, 7) is 1.46. The SMILES string of the molecule is COc1ccc(CNC(=O)c2ccc3c(c2)NCC3)cc1. The number of anilines is 1. The van der Waals surface area contributed by atoms with Gasteiger partial charge in [-0.25, -0.2) is 0 Å². The highest BCUT2D eigenvalue weighted by Gasteiger charge is 2.13. The van der Waals surface area contributed by atoms with Gasteiger partial charge in [-0.3, -0.25) is 4.79 Å². The molecule has 0 fully saturated rings. The van der Waals surface area contributed by atoms with Crippen LogP contribution in [0.25, 0.3) is 0 Å². The molecule has 4 nitrogen and oxygen atoms in total. The average molecular weight is 282 g/mol. The van der Waals surface area contributed by atoms with Gasteiger partial charge in [-0.05, 0) is 41.8 Å². The number of rotatable bonds is 4. The van der Waals surface area contributed by atoms with Gasteiger partial charge in [0, 0.05) is 24.3 Å². The first-order valence-electron chi connectivity index (χ1n) is 7.04. The van der Waals surface area contributed by atoms with E-state index in [-0.39, 0.29) is 5.91 Å². The Labute approximate surface area is 124 Å². The predicted octanol–water partition coefficient (Wildman–Crippen LogP) is 2.59. The maximum Gasteiger partial charge on any atom is 0.251 e. The van der Waals surface area contributed by atoms with Gasteiger partial charge in [0.25, 0.3) is 5.91 Å². The molecule has 0 bridgehead atoms. The lowest BCUT2D eigenvalue weighted by Crippen LogP contribution is -2.22. The molecule has 21 heavy (non-hydrogen) atoms. The summed E-state index contributed by atoms with van der Waals surface area (Å²) in [5.41, 5.74) is 4.09. The molecule has 3 rings (SSSR count). The van der Waals surface area contributed by atoms with Crippen molar-refractivity contribution >= 4 is 11.6 Å². The second-order valence-corrected chi connectivity index (χ2v) is 5.08. The molecule has 0 saturated heterocycles. The molecule has 0 unspecified atom stereocenters. The third-order valence-electron chi connectivity index (χ3n) is 3.69. The number of benzene rings is 2. The fourth-order valence-corrected chi connectivity index (χ4v) is 2.46. The zero-order valence-corrected chi connectivity index (χ0v) is 12.0. The van der Waals surface area contributed by atoms with Crippen LogP contribution in [0.1, 0.15) is 21.5 Å². The largest absolute Gasteiger partial charge is 0.497 e. The minimum atomic E-state index is -0.0534. The first-order valence-corrected chi connectivity index (χ1v) is 7.04. The van der Waals surface area contributed by atoms with Crippen LogP contribution in [0.3, 0.4) is 0 Å². The molecule has 0 radical (unpaired) electrons. The van der Waals surface area contributed by atoms with Crippen molar-refractivity contribution in [2.75, 3.05) is 19.0 Å². The van der Waals surface area contributed by atoms with E-state index < -0.39 is 0 Å². The Morgan fingerprint density at radius 2 is 2.05 bits per heavy atom. The van der Waals surface area contributed by atoms with Crippen LogP contribution in [0.15, 0.2) is 42.5 Å². The Bertz CT molecular complexity index is 650. The van der Waals surface area contributed by atoms with Crippen molar-refractivity contribution in [2.45, 2.75) is 13.0 Å². The van der Waals surface area contributed by atoms with Gasteiger partial charge < -0.3 is 15.4 Å². The summed E-state index contributed by atoms with van der Waals surface area (Å²) in [6, 6.07) is 13.5. The lowest BCUT2D eigenvalue weighted by molar-refractivity contribution is 0.0951. The lowest BCUT2D eigenvalue weighted by Gasteiger charge is -2.08. The van der Waals surface area contributed by atoms with Crippen molar-refractivity contribution < 1.29 is 9.53 Å². The predicted molar refractivity (Wildman–Crippen MR) is 82.8 cm³/mol. The highest BCUT2D eigenvalue weighted by Crippen LogP contribution is 2.23. The van der Waals surface area contributed by atoms with Crippen LogP contribution in [0.4, 0.5) is 5.69 Å². The van der Waals surface area contributed by atoms with E-state index >= 15 is 0 Å². The molecule has 2 aromatic carbocycles. The van der Waals surface area contributed by atoms with E-state index in [0.717, 1.165) is 30.0 Å². The van der Waals surface area contributed by atoms with Crippen LogP contribution in [-0.2, 0) is 13.0 Å². The zero-order valence-electron chi connectivity index (χ0n) is 12.0. The molecule has 0 atom stereocenters. The highest BCUT2D eigenvalue weighted by atomic mass is 16.5. The van der Waals surface area contributed by atoms with Crippen molar-refractivity contribution in [1.29, 1.82) is 0 Å². The Kier molecular flexibility index (Phi) is 3.77. The number of carbonyl (C=O) groups is 1. The number of methoxy groups -OCH3 is 1. The Hall–Kier alpha value is -2.49. The summed E-state index contributed by atoms with van der Waals surface area (Å²) in [4.78, 5) is 12.2. The smallest absolute Gasteiger partial charge is 0.251 e. The monoisotopic (exact) mass is 282 g/mol. The molecule has 1 amide bonds. The average Bonchev–Trinajstić information content (AvgIpc) is 3.00. The standard InChI is InChI=1S/C17H18N2O2/c1-21-15-6-2-12(3-7-15)11-19-17(20)14-5-4-13-8-9-18-16(13)10-14/h2-7,10,18H,8-9,11H2,1H3,(H,19,20). The fraction of sp³-hybridized carbons (Fsp3) is 0.235. The summed E-state index contributed by atoms with van der Waals surface area (Å²) in [5, 5.41) is 6.22. The minimum absolute atomic E-state index is 0.0534. The Morgan fingerprint density at radius 1 is 1.24 bits per heavy atom. The van der Waals surface area contributed by atoms with E-state index in [1.165, 1.54) is 5.56 Å². The highest BCUT2D eigenvalue weighted by molar-refractivity contribution is 5.95.